The number of carboxylic acid groups (broad SMARTS) is 1. The van der Waals surface area contributed by atoms with Crippen LogP contribution >= 0.6 is 11.6 Å². The summed E-state index contributed by atoms with van der Waals surface area (Å²) in [6.45, 7) is 1.77. The molecule has 2 rings (SSSR count). The molecule has 1 fully saturated rings. The van der Waals surface area contributed by atoms with E-state index in [4.69, 9.17) is 16.7 Å². The van der Waals surface area contributed by atoms with E-state index in [0.717, 1.165) is 31.6 Å². The van der Waals surface area contributed by atoms with Gasteiger partial charge in [0.05, 0.1) is 0 Å². The fourth-order valence-corrected chi connectivity index (χ4v) is 2.40. The Balaban J connectivity index is 1.93. The van der Waals surface area contributed by atoms with E-state index in [1.807, 2.05) is 12.1 Å². The zero-order valence-electron chi connectivity index (χ0n) is 9.47. The Hall–Kier alpha value is -1.29. The molecule has 0 aliphatic carbocycles. The van der Waals surface area contributed by atoms with Crippen molar-refractivity contribution in [1.29, 1.82) is 0 Å². The summed E-state index contributed by atoms with van der Waals surface area (Å²) in [7, 11) is 0. The van der Waals surface area contributed by atoms with Crippen LogP contribution in [-0.4, -0.2) is 29.1 Å². The van der Waals surface area contributed by atoms with Gasteiger partial charge >= 0.3 is 5.97 Å². The quantitative estimate of drug-likeness (QED) is 0.842. The highest BCUT2D eigenvalue weighted by Crippen LogP contribution is 2.25. The third-order valence-corrected chi connectivity index (χ3v) is 3.36. The Labute approximate surface area is 105 Å². The maximum absolute atomic E-state index is 10.6. The first kappa shape index (κ1) is 12.2. The van der Waals surface area contributed by atoms with Crippen LogP contribution in [0.3, 0.4) is 0 Å². The second-order valence-corrected chi connectivity index (χ2v) is 4.75. The molecule has 0 radical (unpaired) electrons. The van der Waals surface area contributed by atoms with Gasteiger partial charge in [-0.3, -0.25) is 4.79 Å². The Morgan fingerprint density at radius 2 is 2.24 bits per heavy atom. The van der Waals surface area contributed by atoms with Crippen molar-refractivity contribution in [2.45, 2.75) is 19.3 Å². The lowest BCUT2D eigenvalue weighted by atomic mass is 9.93. The van der Waals surface area contributed by atoms with Gasteiger partial charge in [0.2, 0.25) is 0 Å². The third kappa shape index (κ3) is 3.33. The highest BCUT2D eigenvalue weighted by molar-refractivity contribution is 6.29. The van der Waals surface area contributed by atoms with Crippen molar-refractivity contribution in [3.8, 4) is 0 Å². The Morgan fingerprint density at radius 1 is 1.53 bits per heavy atom. The first-order valence-electron chi connectivity index (χ1n) is 5.73. The van der Waals surface area contributed by atoms with Crippen LogP contribution in [0, 0.1) is 5.92 Å². The predicted octanol–water partition coefficient (Wildman–Crippen LogP) is 2.43. The lowest BCUT2D eigenvalue weighted by Gasteiger charge is -2.33. The SMILES string of the molecule is O=C(O)CC1CCN(c2ccnc(Cl)c2)CC1. The molecule has 1 aliphatic rings. The molecule has 5 heteroatoms. The molecule has 1 N–H and O–H groups in total. The standard InChI is InChI=1S/C12H15ClN2O2/c13-11-8-10(1-4-14-11)15-5-2-9(3-6-15)7-12(16)17/h1,4,8-9H,2-3,5-7H2,(H,16,17). The molecule has 0 unspecified atom stereocenters. The average molecular weight is 255 g/mol. The van der Waals surface area contributed by atoms with Gasteiger partial charge in [-0.1, -0.05) is 11.6 Å². The van der Waals surface area contributed by atoms with Crippen LogP contribution in [0.15, 0.2) is 18.3 Å². The number of hydrogen-bond donors (Lipinski definition) is 1. The van der Waals surface area contributed by atoms with Crippen LogP contribution in [0.4, 0.5) is 5.69 Å². The number of halogens is 1. The number of aliphatic carboxylic acids is 1. The second kappa shape index (κ2) is 5.36. The van der Waals surface area contributed by atoms with Crippen LogP contribution in [0.25, 0.3) is 0 Å². The lowest BCUT2D eigenvalue weighted by molar-refractivity contribution is -0.138. The summed E-state index contributed by atoms with van der Waals surface area (Å²) in [5, 5.41) is 9.24. The summed E-state index contributed by atoms with van der Waals surface area (Å²) in [6.07, 6.45) is 3.82. The molecule has 0 amide bonds. The monoisotopic (exact) mass is 254 g/mol. The van der Waals surface area contributed by atoms with Gasteiger partial charge < -0.3 is 10.0 Å². The van der Waals surface area contributed by atoms with Crippen molar-refractivity contribution in [2.24, 2.45) is 5.92 Å². The number of rotatable bonds is 3. The third-order valence-electron chi connectivity index (χ3n) is 3.15. The number of pyridine rings is 1. The number of piperidine rings is 1. The fraction of sp³-hybridized carbons (Fsp3) is 0.500. The van der Waals surface area contributed by atoms with Crippen molar-refractivity contribution in [1.82, 2.24) is 4.98 Å². The van der Waals surface area contributed by atoms with E-state index in [9.17, 15) is 4.79 Å². The number of nitrogens with zero attached hydrogens (tertiary/aromatic N) is 2. The molecule has 0 spiro atoms. The molecular weight excluding hydrogens is 240 g/mol. The summed E-state index contributed by atoms with van der Waals surface area (Å²) < 4.78 is 0. The van der Waals surface area contributed by atoms with Crippen molar-refractivity contribution in [2.75, 3.05) is 18.0 Å². The first-order valence-corrected chi connectivity index (χ1v) is 6.11. The van der Waals surface area contributed by atoms with E-state index < -0.39 is 5.97 Å². The molecule has 1 aromatic heterocycles. The molecular formula is C12H15ClN2O2. The minimum atomic E-state index is -0.699. The van der Waals surface area contributed by atoms with E-state index in [-0.39, 0.29) is 6.42 Å². The molecule has 1 aromatic rings. The fourth-order valence-electron chi connectivity index (χ4n) is 2.23. The van der Waals surface area contributed by atoms with Gasteiger partial charge in [-0.05, 0) is 30.9 Å². The topological polar surface area (TPSA) is 53.4 Å². The Kier molecular flexibility index (Phi) is 3.84. The Bertz CT molecular complexity index is 403. The molecule has 92 valence electrons. The van der Waals surface area contributed by atoms with Gasteiger partial charge in [-0.2, -0.15) is 0 Å². The van der Waals surface area contributed by atoms with Crippen molar-refractivity contribution >= 4 is 23.3 Å². The van der Waals surface area contributed by atoms with Gasteiger partial charge in [-0.25, -0.2) is 4.98 Å². The maximum atomic E-state index is 10.6. The highest BCUT2D eigenvalue weighted by atomic mass is 35.5. The van der Waals surface area contributed by atoms with Crippen molar-refractivity contribution in [3.63, 3.8) is 0 Å². The van der Waals surface area contributed by atoms with Crippen molar-refractivity contribution < 1.29 is 9.90 Å². The molecule has 2 heterocycles. The van der Waals surface area contributed by atoms with Gasteiger partial charge in [0.25, 0.3) is 0 Å². The molecule has 17 heavy (non-hydrogen) atoms. The van der Waals surface area contributed by atoms with Crippen LogP contribution in [0.5, 0.6) is 0 Å². The number of carboxylic acids is 1. The molecule has 0 bridgehead atoms. The zero-order valence-corrected chi connectivity index (χ0v) is 10.2. The summed E-state index contributed by atoms with van der Waals surface area (Å²) in [6, 6.07) is 3.78. The number of hydrogen-bond acceptors (Lipinski definition) is 3. The highest BCUT2D eigenvalue weighted by Gasteiger charge is 2.21. The average Bonchev–Trinajstić information content (AvgIpc) is 2.29. The summed E-state index contributed by atoms with van der Waals surface area (Å²) >= 11 is 5.85. The number of carbonyl (C=O) groups is 1. The number of aromatic nitrogens is 1. The van der Waals surface area contributed by atoms with Gasteiger partial charge in [-0.15, -0.1) is 0 Å². The minimum absolute atomic E-state index is 0.283. The van der Waals surface area contributed by atoms with E-state index in [1.165, 1.54) is 0 Å². The van der Waals surface area contributed by atoms with Crippen LogP contribution in [-0.2, 0) is 4.79 Å². The zero-order chi connectivity index (χ0) is 12.3. The first-order chi connectivity index (χ1) is 8.15. The smallest absolute Gasteiger partial charge is 0.303 e. The Morgan fingerprint density at radius 3 is 2.82 bits per heavy atom. The summed E-state index contributed by atoms with van der Waals surface area (Å²) in [5.74, 6) is -0.392. The molecule has 1 aliphatic heterocycles. The van der Waals surface area contributed by atoms with E-state index in [2.05, 4.69) is 9.88 Å². The van der Waals surface area contributed by atoms with E-state index in [1.54, 1.807) is 6.20 Å². The van der Waals surface area contributed by atoms with Gasteiger partial charge in [0.1, 0.15) is 5.15 Å². The van der Waals surface area contributed by atoms with Crippen LogP contribution < -0.4 is 4.90 Å². The van der Waals surface area contributed by atoms with E-state index >= 15 is 0 Å². The number of anilines is 1. The molecule has 0 atom stereocenters. The van der Waals surface area contributed by atoms with Crippen LogP contribution in [0.1, 0.15) is 19.3 Å². The molecule has 1 saturated heterocycles. The molecule has 0 aromatic carbocycles. The van der Waals surface area contributed by atoms with Crippen molar-refractivity contribution in [3.05, 3.63) is 23.5 Å². The normalized spacial score (nSPS) is 17.1. The van der Waals surface area contributed by atoms with Gasteiger partial charge in [0.15, 0.2) is 0 Å². The second-order valence-electron chi connectivity index (χ2n) is 4.37. The summed E-state index contributed by atoms with van der Waals surface area (Å²) in [4.78, 5) is 16.8. The summed E-state index contributed by atoms with van der Waals surface area (Å²) in [5.41, 5.74) is 1.07. The van der Waals surface area contributed by atoms with E-state index in [0.29, 0.717) is 11.1 Å². The minimum Gasteiger partial charge on any atom is -0.481 e. The maximum Gasteiger partial charge on any atom is 0.303 e. The van der Waals surface area contributed by atoms with Gasteiger partial charge in [0, 0.05) is 31.4 Å². The van der Waals surface area contributed by atoms with Crippen LogP contribution in [0.2, 0.25) is 5.15 Å². The molecule has 4 nitrogen and oxygen atoms in total. The lowest BCUT2D eigenvalue weighted by Crippen LogP contribution is -2.34. The molecule has 0 saturated carbocycles. The largest absolute Gasteiger partial charge is 0.481 e. The predicted molar refractivity (Wildman–Crippen MR) is 66.4 cm³/mol.